The first-order chi connectivity index (χ1) is 6.06. The first kappa shape index (κ1) is 12.8. The molecule has 0 atom stereocenters. The van der Waals surface area contributed by atoms with Gasteiger partial charge in [-0.3, -0.25) is 0 Å². The zero-order valence-corrected chi connectivity index (χ0v) is 8.64. The van der Waals surface area contributed by atoms with Gasteiger partial charge in [-0.25, -0.2) is 8.42 Å². The second-order valence-corrected chi connectivity index (χ2v) is 4.98. The zero-order valence-electron chi connectivity index (χ0n) is 7.82. The standard InChI is InChI=1S/C7H17NO4S/c1-13(10,11)7-3-8-2-5-12-6-4-9/h8-9H,2-7H2,1H3. The van der Waals surface area contributed by atoms with Gasteiger partial charge in [-0.1, -0.05) is 0 Å². The van der Waals surface area contributed by atoms with E-state index in [-0.39, 0.29) is 12.4 Å². The van der Waals surface area contributed by atoms with Crippen molar-refractivity contribution in [1.82, 2.24) is 5.32 Å². The molecule has 0 aliphatic carbocycles. The Balaban J connectivity index is 3.09. The number of hydrogen-bond acceptors (Lipinski definition) is 5. The molecule has 0 saturated carbocycles. The van der Waals surface area contributed by atoms with Crippen LogP contribution in [0.3, 0.4) is 0 Å². The molecule has 0 bridgehead atoms. The van der Waals surface area contributed by atoms with Gasteiger partial charge in [0.05, 0.1) is 25.6 Å². The fraction of sp³-hybridized carbons (Fsp3) is 1.00. The predicted molar refractivity (Wildman–Crippen MR) is 50.5 cm³/mol. The number of ether oxygens (including phenoxy) is 1. The first-order valence-corrected chi connectivity index (χ1v) is 6.19. The average molecular weight is 211 g/mol. The van der Waals surface area contributed by atoms with Crippen LogP contribution >= 0.6 is 0 Å². The summed E-state index contributed by atoms with van der Waals surface area (Å²) >= 11 is 0. The van der Waals surface area contributed by atoms with Gasteiger partial charge >= 0.3 is 0 Å². The molecule has 0 spiro atoms. The molecule has 0 amide bonds. The quantitative estimate of drug-likeness (QED) is 0.484. The topological polar surface area (TPSA) is 75.6 Å². The summed E-state index contributed by atoms with van der Waals surface area (Å²) in [6, 6.07) is 0. The van der Waals surface area contributed by atoms with Gasteiger partial charge in [-0.2, -0.15) is 0 Å². The summed E-state index contributed by atoms with van der Waals surface area (Å²) in [4.78, 5) is 0. The van der Waals surface area contributed by atoms with Crippen molar-refractivity contribution in [2.75, 3.05) is 44.9 Å². The van der Waals surface area contributed by atoms with Crippen LogP contribution in [-0.4, -0.2) is 58.4 Å². The molecule has 5 nitrogen and oxygen atoms in total. The molecule has 0 aromatic heterocycles. The van der Waals surface area contributed by atoms with Gasteiger partial charge in [0.15, 0.2) is 0 Å². The smallest absolute Gasteiger partial charge is 0.148 e. The third-order valence-electron chi connectivity index (χ3n) is 1.31. The zero-order chi connectivity index (χ0) is 10.2. The molecule has 6 heteroatoms. The summed E-state index contributed by atoms with van der Waals surface area (Å²) in [7, 11) is -2.86. The van der Waals surface area contributed by atoms with E-state index in [0.29, 0.717) is 26.3 Å². The van der Waals surface area contributed by atoms with Gasteiger partial charge < -0.3 is 15.2 Å². The Morgan fingerprint density at radius 1 is 1.31 bits per heavy atom. The Hall–Kier alpha value is -0.170. The molecule has 0 unspecified atom stereocenters. The summed E-state index contributed by atoms with van der Waals surface area (Å²) in [5.41, 5.74) is 0. The number of aliphatic hydroxyl groups is 1. The van der Waals surface area contributed by atoms with Crippen LogP contribution < -0.4 is 5.32 Å². The summed E-state index contributed by atoms with van der Waals surface area (Å²) in [5, 5.41) is 11.3. The fourth-order valence-electron chi connectivity index (χ4n) is 0.694. The van der Waals surface area contributed by atoms with Gasteiger partial charge in [0.1, 0.15) is 9.84 Å². The predicted octanol–water partition coefficient (Wildman–Crippen LogP) is -1.37. The molecule has 0 aliphatic heterocycles. The lowest BCUT2D eigenvalue weighted by Gasteiger charge is -2.03. The van der Waals surface area contributed by atoms with Crippen LogP contribution in [0, 0.1) is 0 Å². The highest BCUT2D eigenvalue weighted by Gasteiger charge is 1.99. The molecule has 0 heterocycles. The van der Waals surface area contributed by atoms with E-state index in [1.165, 1.54) is 6.26 Å². The van der Waals surface area contributed by atoms with Crippen molar-refractivity contribution in [3.8, 4) is 0 Å². The highest BCUT2D eigenvalue weighted by molar-refractivity contribution is 7.90. The van der Waals surface area contributed by atoms with E-state index in [0.717, 1.165) is 0 Å². The maximum Gasteiger partial charge on any atom is 0.148 e. The maximum atomic E-state index is 10.7. The summed E-state index contributed by atoms with van der Waals surface area (Å²) < 4.78 is 26.3. The van der Waals surface area contributed by atoms with Crippen molar-refractivity contribution in [2.24, 2.45) is 0 Å². The number of sulfone groups is 1. The van der Waals surface area contributed by atoms with Crippen molar-refractivity contribution < 1.29 is 18.3 Å². The molecule has 80 valence electrons. The highest BCUT2D eigenvalue weighted by atomic mass is 32.2. The lowest BCUT2D eigenvalue weighted by Crippen LogP contribution is -2.26. The molecule has 0 rings (SSSR count). The lowest BCUT2D eigenvalue weighted by atomic mass is 10.6. The van der Waals surface area contributed by atoms with Crippen LogP contribution in [-0.2, 0) is 14.6 Å². The number of nitrogens with one attached hydrogen (secondary N) is 1. The normalized spacial score (nSPS) is 11.8. The van der Waals surface area contributed by atoms with Crippen LogP contribution in [0.5, 0.6) is 0 Å². The van der Waals surface area contributed by atoms with Crippen molar-refractivity contribution in [3.63, 3.8) is 0 Å². The van der Waals surface area contributed by atoms with E-state index in [4.69, 9.17) is 9.84 Å². The van der Waals surface area contributed by atoms with Gasteiger partial charge in [0, 0.05) is 19.3 Å². The maximum absolute atomic E-state index is 10.7. The van der Waals surface area contributed by atoms with Gasteiger partial charge in [0.2, 0.25) is 0 Å². The van der Waals surface area contributed by atoms with Crippen LogP contribution in [0.1, 0.15) is 0 Å². The van der Waals surface area contributed by atoms with Crippen LogP contribution in [0.2, 0.25) is 0 Å². The Morgan fingerprint density at radius 2 is 2.00 bits per heavy atom. The molecule has 13 heavy (non-hydrogen) atoms. The Labute approximate surface area is 79.0 Å². The molecule has 0 aromatic rings. The van der Waals surface area contributed by atoms with Crippen molar-refractivity contribution in [1.29, 1.82) is 0 Å². The van der Waals surface area contributed by atoms with Gasteiger partial charge in [-0.05, 0) is 0 Å². The van der Waals surface area contributed by atoms with E-state index in [2.05, 4.69) is 5.32 Å². The van der Waals surface area contributed by atoms with Crippen LogP contribution in [0.4, 0.5) is 0 Å². The summed E-state index contributed by atoms with van der Waals surface area (Å²) in [5.74, 6) is 0.146. The molecule has 0 radical (unpaired) electrons. The minimum absolute atomic E-state index is 0.0172. The van der Waals surface area contributed by atoms with E-state index in [1.807, 2.05) is 0 Å². The fourth-order valence-corrected chi connectivity index (χ4v) is 1.21. The lowest BCUT2D eigenvalue weighted by molar-refractivity contribution is 0.0942. The molecule has 0 fully saturated rings. The van der Waals surface area contributed by atoms with Crippen LogP contribution in [0.15, 0.2) is 0 Å². The monoisotopic (exact) mass is 211 g/mol. The van der Waals surface area contributed by atoms with E-state index < -0.39 is 9.84 Å². The minimum atomic E-state index is -2.86. The molecule has 2 N–H and O–H groups in total. The Kier molecular flexibility index (Phi) is 7.16. The summed E-state index contributed by atoms with van der Waals surface area (Å²) in [6.07, 6.45) is 1.21. The van der Waals surface area contributed by atoms with Crippen molar-refractivity contribution in [2.45, 2.75) is 0 Å². The Bertz CT molecular complexity index is 203. The molecule has 0 aliphatic rings. The van der Waals surface area contributed by atoms with E-state index in [9.17, 15) is 8.42 Å². The van der Waals surface area contributed by atoms with E-state index >= 15 is 0 Å². The summed E-state index contributed by atoms with van der Waals surface area (Å²) in [6.45, 7) is 1.89. The highest BCUT2D eigenvalue weighted by Crippen LogP contribution is 1.79. The minimum Gasteiger partial charge on any atom is -0.394 e. The third kappa shape index (κ3) is 11.8. The van der Waals surface area contributed by atoms with Crippen molar-refractivity contribution in [3.05, 3.63) is 0 Å². The molecule has 0 aromatic carbocycles. The second kappa shape index (κ2) is 7.25. The van der Waals surface area contributed by atoms with Crippen molar-refractivity contribution >= 4 is 9.84 Å². The number of hydrogen-bond donors (Lipinski definition) is 2. The van der Waals surface area contributed by atoms with E-state index in [1.54, 1.807) is 0 Å². The average Bonchev–Trinajstić information content (AvgIpc) is 2.01. The Morgan fingerprint density at radius 3 is 2.54 bits per heavy atom. The van der Waals surface area contributed by atoms with Crippen LogP contribution in [0.25, 0.3) is 0 Å². The largest absolute Gasteiger partial charge is 0.394 e. The third-order valence-corrected chi connectivity index (χ3v) is 2.25. The van der Waals surface area contributed by atoms with Gasteiger partial charge in [0.25, 0.3) is 0 Å². The second-order valence-electron chi connectivity index (χ2n) is 2.72. The SMILES string of the molecule is CS(=O)(=O)CCNCCOCCO. The molecular weight excluding hydrogens is 194 g/mol. The first-order valence-electron chi connectivity index (χ1n) is 4.13. The van der Waals surface area contributed by atoms with Gasteiger partial charge in [-0.15, -0.1) is 0 Å². The molecule has 0 saturated heterocycles. The molecular formula is C7H17NO4S. The number of aliphatic hydroxyl groups excluding tert-OH is 1. The number of rotatable bonds is 8.